The second kappa shape index (κ2) is 6.44. The van der Waals surface area contributed by atoms with Crippen LogP contribution >= 0.6 is 0 Å². The molecule has 2 heterocycles. The van der Waals surface area contributed by atoms with Crippen LogP contribution in [0.15, 0.2) is 30.1 Å². The molecule has 1 atom stereocenters. The van der Waals surface area contributed by atoms with Crippen LogP contribution in [0.1, 0.15) is 12.2 Å². The van der Waals surface area contributed by atoms with E-state index >= 15 is 0 Å². The number of ether oxygens (including phenoxy) is 1. The first-order chi connectivity index (χ1) is 11.2. The van der Waals surface area contributed by atoms with Gasteiger partial charge in [-0.3, -0.25) is 0 Å². The molecule has 0 bridgehead atoms. The van der Waals surface area contributed by atoms with Gasteiger partial charge in [-0.05, 0) is 12.0 Å². The highest BCUT2D eigenvalue weighted by atomic mass is 19.2. The zero-order valence-electron chi connectivity index (χ0n) is 12.2. The Morgan fingerprint density at radius 1 is 1.48 bits per heavy atom. The van der Waals surface area contributed by atoms with Crippen LogP contribution in [0.25, 0.3) is 11.2 Å². The number of fused-ring (bicyclic) bond motifs is 1. The number of nitrogens with zero attached hydrogens (tertiary/aromatic N) is 3. The zero-order chi connectivity index (χ0) is 16.2. The predicted octanol–water partition coefficient (Wildman–Crippen LogP) is 2.24. The third-order valence-electron chi connectivity index (χ3n) is 3.15. The summed E-state index contributed by atoms with van der Waals surface area (Å²) >= 11 is 0. The Balaban J connectivity index is 1.70. The number of nitrogens with one attached hydrogen (secondary N) is 2. The third kappa shape index (κ3) is 3.13. The van der Waals surface area contributed by atoms with Crippen molar-refractivity contribution >= 4 is 17.0 Å². The van der Waals surface area contributed by atoms with Crippen LogP contribution in [0.4, 0.5) is 14.6 Å². The highest BCUT2D eigenvalue weighted by Gasteiger charge is 2.20. The molecule has 0 spiro atoms. The number of halogens is 2. The van der Waals surface area contributed by atoms with Crippen LogP contribution in [0.3, 0.4) is 0 Å². The van der Waals surface area contributed by atoms with Gasteiger partial charge in [0.05, 0.1) is 0 Å². The second-order valence-corrected chi connectivity index (χ2v) is 4.66. The molecule has 118 valence electrons. The highest BCUT2D eigenvalue weighted by molar-refractivity contribution is 5.82. The van der Waals surface area contributed by atoms with E-state index in [0.717, 1.165) is 0 Å². The molecule has 2 aromatic rings. The Hall–Kier alpha value is -2.95. The van der Waals surface area contributed by atoms with Crippen LogP contribution in [-0.2, 0) is 4.74 Å². The van der Waals surface area contributed by atoms with Gasteiger partial charge in [0.2, 0.25) is 0 Å². The maximum atomic E-state index is 13.5. The molecule has 0 fully saturated rings. The maximum Gasteiger partial charge on any atom is 0.185 e. The van der Waals surface area contributed by atoms with Crippen LogP contribution in [0.2, 0.25) is 0 Å². The quantitative estimate of drug-likeness (QED) is 0.849. The van der Waals surface area contributed by atoms with E-state index in [2.05, 4.69) is 37.1 Å². The van der Waals surface area contributed by atoms with Crippen molar-refractivity contribution in [2.45, 2.75) is 12.6 Å². The number of H-pyrrole nitrogens is 1. The van der Waals surface area contributed by atoms with Gasteiger partial charge in [-0.15, -0.1) is 0 Å². The fourth-order valence-corrected chi connectivity index (χ4v) is 2.05. The number of anilines is 1. The number of alkyl halides is 1. The summed E-state index contributed by atoms with van der Waals surface area (Å²) in [6.07, 6.45) is 2.72. The summed E-state index contributed by atoms with van der Waals surface area (Å²) in [4.78, 5) is 15.3. The fourth-order valence-electron chi connectivity index (χ4n) is 2.05. The van der Waals surface area contributed by atoms with E-state index in [1.807, 2.05) is 0 Å². The van der Waals surface area contributed by atoms with Gasteiger partial charge in [-0.1, -0.05) is 12.0 Å². The summed E-state index contributed by atoms with van der Waals surface area (Å²) in [6, 6.07) is 0. The van der Waals surface area contributed by atoms with Gasteiger partial charge in [-0.25, -0.2) is 23.7 Å². The molecule has 0 aliphatic heterocycles. The average molecular weight is 317 g/mol. The molecule has 1 unspecified atom stereocenters. The third-order valence-corrected chi connectivity index (χ3v) is 3.15. The van der Waals surface area contributed by atoms with Crippen molar-refractivity contribution in [3.63, 3.8) is 0 Å². The van der Waals surface area contributed by atoms with Crippen molar-refractivity contribution < 1.29 is 13.5 Å². The van der Waals surface area contributed by atoms with Gasteiger partial charge < -0.3 is 15.0 Å². The lowest BCUT2D eigenvalue weighted by atomic mass is 10.1. The Labute approximate surface area is 130 Å². The molecular formula is C15H13F2N5O. The van der Waals surface area contributed by atoms with Crippen LogP contribution in [0, 0.1) is 11.8 Å². The molecule has 0 saturated heterocycles. The van der Waals surface area contributed by atoms with Gasteiger partial charge in [0.1, 0.15) is 12.9 Å². The van der Waals surface area contributed by atoms with Gasteiger partial charge in [0.15, 0.2) is 40.6 Å². The molecule has 0 aromatic carbocycles. The summed E-state index contributed by atoms with van der Waals surface area (Å²) < 4.78 is 31.7. The number of hydrogen-bond donors (Lipinski definition) is 2. The first-order valence-electron chi connectivity index (χ1n) is 6.89. The lowest BCUT2D eigenvalue weighted by molar-refractivity contribution is 0.225. The van der Waals surface area contributed by atoms with Gasteiger partial charge in [0, 0.05) is 13.5 Å². The van der Waals surface area contributed by atoms with E-state index in [-0.39, 0.29) is 18.8 Å². The topological polar surface area (TPSA) is 75.7 Å². The molecule has 0 radical (unpaired) electrons. The number of aromatic amines is 1. The number of hydrogen-bond acceptors (Lipinski definition) is 5. The maximum absolute atomic E-state index is 13.5. The molecule has 6 nitrogen and oxygen atoms in total. The van der Waals surface area contributed by atoms with E-state index < -0.39 is 12.0 Å². The minimum absolute atomic E-state index is 0.0260. The molecule has 1 aliphatic carbocycles. The molecule has 0 amide bonds. The SMILES string of the molecule is CNc1ncnc2[nH]c(C#CCOC3=C(F)C(F)CC=C3)nc12. The molecule has 0 saturated carbocycles. The second-order valence-electron chi connectivity index (χ2n) is 4.66. The fraction of sp³-hybridized carbons (Fsp3) is 0.267. The molecular weight excluding hydrogens is 304 g/mol. The van der Waals surface area contributed by atoms with Crippen molar-refractivity contribution in [1.82, 2.24) is 19.9 Å². The normalized spacial score (nSPS) is 17.1. The summed E-state index contributed by atoms with van der Waals surface area (Å²) in [5.74, 6) is 5.40. The summed E-state index contributed by atoms with van der Waals surface area (Å²) in [6.45, 7) is -0.0819. The Kier molecular flexibility index (Phi) is 4.19. The first-order valence-corrected chi connectivity index (χ1v) is 6.89. The Morgan fingerprint density at radius 3 is 3.17 bits per heavy atom. The van der Waals surface area contributed by atoms with Gasteiger partial charge in [-0.2, -0.15) is 0 Å². The minimum Gasteiger partial charge on any atom is -0.478 e. The van der Waals surface area contributed by atoms with Crippen molar-refractivity contribution in [1.29, 1.82) is 0 Å². The van der Waals surface area contributed by atoms with E-state index in [1.165, 1.54) is 18.5 Å². The van der Waals surface area contributed by atoms with Crippen LogP contribution in [-0.4, -0.2) is 39.8 Å². The lowest BCUT2D eigenvalue weighted by Crippen LogP contribution is -2.08. The standard InChI is InChI=1S/C15H13F2N5O/c1-18-14-13-15(20-8-19-14)22-11(21-13)6-3-7-23-10-5-2-4-9(16)12(10)17/h2,5,8-9H,4,7H2,1H3,(H2,18,19,20,21,22). The van der Waals surface area contributed by atoms with E-state index in [0.29, 0.717) is 22.8 Å². The Morgan fingerprint density at radius 2 is 2.35 bits per heavy atom. The number of allylic oxidation sites excluding steroid dienone is 3. The van der Waals surface area contributed by atoms with E-state index in [1.54, 1.807) is 7.05 Å². The lowest BCUT2D eigenvalue weighted by Gasteiger charge is -2.12. The summed E-state index contributed by atoms with van der Waals surface area (Å²) in [7, 11) is 1.73. The largest absolute Gasteiger partial charge is 0.478 e. The van der Waals surface area contributed by atoms with Crippen molar-refractivity contribution in [3.8, 4) is 11.8 Å². The first kappa shape index (κ1) is 15.0. The highest BCUT2D eigenvalue weighted by Crippen LogP contribution is 2.23. The molecule has 2 aromatic heterocycles. The van der Waals surface area contributed by atoms with Crippen LogP contribution < -0.4 is 5.32 Å². The average Bonchev–Trinajstić information content (AvgIpc) is 2.98. The minimum atomic E-state index is -1.64. The molecule has 3 rings (SSSR count). The van der Waals surface area contributed by atoms with Crippen molar-refractivity contribution in [2.75, 3.05) is 19.0 Å². The van der Waals surface area contributed by atoms with Crippen molar-refractivity contribution in [2.24, 2.45) is 0 Å². The molecule has 8 heteroatoms. The molecule has 23 heavy (non-hydrogen) atoms. The molecule has 1 aliphatic rings. The van der Waals surface area contributed by atoms with Crippen molar-refractivity contribution in [3.05, 3.63) is 35.9 Å². The summed E-state index contributed by atoms with van der Waals surface area (Å²) in [5.41, 5.74) is 1.13. The number of aromatic nitrogens is 4. The molecule has 2 N–H and O–H groups in total. The monoisotopic (exact) mass is 317 g/mol. The smallest absolute Gasteiger partial charge is 0.185 e. The number of imidazole rings is 1. The van der Waals surface area contributed by atoms with Gasteiger partial charge >= 0.3 is 0 Å². The van der Waals surface area contributed by atoms with E-state index in [9.17, 15) is 8.78 Å². The zero-order valence-corrected chi connectivity index (χ0v) is 12.2. The summed E-state index contributed by atoms with van der Waals surface area (Å²) in [5, 5.41) is 2.91. The Bertz CT molecular complexity index is 846. The number of rotatable bonds is 3. The van der Waals surface area contributed by atoms with E-state index in [4.69, 9.17) is 4.74 Å². The van der Waals surface area contributed by atoms with Crippen LogP contribution in [0.5, 0.6) is 0 Å². The van der Waals surface area contributed by atoms with Gasteiger partial charge in [0.25, 0.3) is 0 Å². The predicted molar refractivity (Wildman–Crippen MR) is 80.8 cm³/mol.